The number of nitrogens with zero attached hydrogens (tertiary/aromatic N) is 2. The number of carbonyl (C=O) groups is 1. The number of nitrogens with two attached hydrogens (primary N) is 1. The molecule has 0 amide bonds. The van der Waals surface area contributed by atoms with E-state index in [-0.39, 0.29) is 17.6 Å². The molecule has 0 aliphatic heterocycles. The molecular weight excluding hydrogens is 557 g/mol. The number of carboxylic acid groups (broad SMARTS) is 1. The third kappa shape index (κ3) is 10.9. The zero-order chi connectivity index (χ0) is 32.0. The summed E-state index contributed by atoms with van der Waals surface area (Å²) in [6, 6.07) is 14.7. The molecule has 1 atom stereocenters. The highest BCUT2D eigenvalue weighted by Crippen LogP contribution is 2.40. The molecule has 3 aromatic rings. The largest absolute Gasteiger partial charge is 0.573 e. The third-order valence-corrected chi connectivity index (χ3v) is 7.36. The number of ether oxygens (including phenoxy) is 1. The summed E-state index contributed by atoms with van der Waals surface area (Å²) in [5.74, 6) is -1.33. The summed E-state index contributed by atoms with van der Waals surface area (Å²) in [5, 5.41) is 22.0. The Morgan fingerprint density at radius 2 is 1.81 bits per heavy atom. The van der Waals surface area contributed by atoms with Gasteiger partial charge in [-0.25, -0.2) is 0 Å². The molecule has 4 rings (SSSR count). The molecule has 1 saturated carbocycles. The number of nitrogens with one attached hydrogen (secondary N) is 1. The molecule has 1 aliphatic rings. The van der Waals surface area contributed by atoms with Crippen molar-refractivity contribution < 1.29 is 27.8 Å². The van der Waals surface area contributed by atoms with Crippen molar-refractivity contribution in [3.8, 4) is 11.8 Å². The van der Waals surface area contributed by atoms with Crippen molar-refractivity contribution >= 4 is 16.9 Å². The Morgan fingerprint density at radius 3 is 2.40 bits per heavy atom. The lowest BCUT2D eigenvalue weighted by atomic mass is 9.88. The molecule has 0 saturated heterocycles. The van der Waals surface area contributed by atoms with E-state index in [1.807, 2.05) is 24.3 Å². The Bertz CT molecular complexity index is 1330. The first-order valence-electron chi connectivity index (χ1n) is 15.0. The Labute approximate surface area is 252 Å². The lowest BCUT2D eigenvalue weighted by Gasteiger charge is -2.24. The lowest BCUT2D eigenvalue weighted by molar-refractivity contribution is -0.274. The second-order valence-corrected chi connectivity index (χ2v) is 10.8. The summed E-state index contributed by atoms with van der Waals surface area (Å²) >= 11 is 0. The average Bonchev–Trinajstić information content (AvgIpc) is 3.36. The number of nitriles is 1. The Kier molecular flexibility index (Phi) is 14.5. The highest BCUT2D eigenvalue weighted by Gasteiger charge is 2.31. The van der Waals surface area contributed by atoms with Gasteiger partial charge in [0.1, 0.15) is 5.75 Å². The standard InChI is InChI=1S/C28H32F3N3O.C4H8O2.CH5N/c1-2-14-33-15-13-24(21-7-6-10-23(17-21)35-28(29,30)31)26-19-34(22-8-4-3-5-9-22)27-12-11-20(18-32)16-25(26)27;1-3(2)4(5)6;1-2/h6-7,10-12,16-17,19,22,24,33H,2-5,8-9,13-15H2,1H3;3H,1-2H3,(H,5,6);2H2,1H3. The predicted octanol–water partition coefficient (Wildman–Crippen LogP) is 7.74. The van der Waals surface area contributed by atoms with Gasteiger partial charge in [-0.2, -0.15) is 5.26 Å². The summed E-state index contributed by atoms with van der Waals surface area (Å²) in [6.45, 7) is 7.00. The van der Waals surface area contributed by atoms with Gasteiger partial charge in [0.05, 0.1) is 17.6 Å². The van der Waals surface area contributed by atoms with Crippen LogP contribution in [-0.2, 0) is 4.79 Å². The van der Waals surface area contributed by atoms with Crippen LogP contribution in [0.1, 0.15) is 94.4 Å². The van der Waals surface area contributed by atoms with E-state index in [1.165, 1.54) is 38.4 Å². The zero-order valence-electron chi connectivity index (χ0n) is 25.6. The van der Waals surface area contributed by atoms with Crippen molar-refractivity contribution in [3.63, 3.8) is 0 Å². The predicted molar refractivity (Wildman–Crippen MR) is 164 cm³/mol. The fourth-order valence-electron chi connectivity index (χ4n) is 5.27. The van der Waals surface area contributed by atoms with Crippen molar-refractivity contribution in [2.24, 2.45) is 11.7 Å². The number of aliphatic carboxylic acids is 1. The van der Waals surface area contributed by atoms with Crippen LogP contribution in [0, 0.1) is 17.2 Å². The topological polar surface area (TPSA) is 113 Å². The van der Waals surface area contributed by atoms with E-state index in [0.717, 1.165) is 60.8 Å². The van der Waals surface area contributed by atoms with E-state index >= 15 is 0 Å². The van der Waals surface area contributed by atoms with Crippen molar-refractivity contribution in [2.75, 3.05) is 20.1 Å². The van der Waals surface area contributed by atoms with Crippen LogP contribution in [0.3, 0.4) is 0 Å². The van der Waals surface area contributed by atoms with Crippen LogP contribution in [0.25, 0.3) is 10.9 Å². The molecule has 1 aliphatic carbocycles. The molecule has 236 valence electrons. The molecular formula is C33H45F3N4O3. The van der Waals surface area contributed by atoms with Crippen molar-refractivity contribution in [1.82, 2.24) is 9.88 Å². The Balaban J connectivity index is 0.000000720. The minimum atomic E-state index is -4.74. The number of carboxylic acids is 1. The second kappa shape index (κ2) is 17.5. The van der Waals surface area contributed by atoms with Crippen LogP contribution in [0.5, 0.6) is 5.75 Å². The van der Waals surface area contributed by atoms with Gasteiger partial charge < -0.3 is 25.5 Å². The van der Waals surface area contributed by atoms with Gasteiger partial charge in [-0.1, -0.05) is 52.2 Å². The van der Waals surface area contributed by atoms with Crippen molar-refractivity contribution in [3.05, 3.63) is 65.4 Å². The molecule has 43 heavy (non-hydrogen) atoms. The molecule has 1 fully saturated rings. The number of aromatic nitrogens is 1. The minimum Gasteiger partial charge on any atom is -0.481 e. The number of hydrogen-bond acceptors (Lipinski definition) is 5. The molecule has 0 spiro atoms. The Morgan fingerprint density at radius 1 is 1.14 bits per heavy atom. The number of hydrogen-bond donors (Lipinski definition) is 3. The van der Waals surface area contributed by atoms with E-state index in [2.05, 4.69) is 39.5 Å². The van der Waals surface area contributed by atoms with Gasteiger partial charge in [0.2, 0.25) is 0 Å². The fraction of sp³-hybridized carbons (Fsp3) is 0.515. The van der Waals surface area contributed by atoms with E-state index in [1.54, 1.807) is 19.9 Å². The van der Waals surface area contributed by atoms with Crippen molar-refractivity contribution in [2.45, 2.75) is 84.0 Å². The summed E-state index contributed by atoms with van der Waals surface area (Å²) < 4.78 is 45.3. The zero-order valence-corrected chi connectivity index (χ0v) is 25.6. The normalized spacial score (nSPS) is 14.2. The molecule has 4 N–H and O–H groups in total. The Hall–Kier alpha value is -3.55. The SMILES string of the molecule is CC(C)C(=O)O.CCCNCCC(c1cccc(OC(F)(F)F)c1)c1cn(C2CCCCC2)c2ccc(C#N)cc12.CN. The van der Waals surface area contributed by atoms with E-state index in [4.69, 9.17) is 5.11 Å². The van der Waals surface area contributed by atoms with E-state index in [9.17, 15) is 23.2 Å². The smallest absolute Gasteiger partial charge is 0.481 e. The molecule has 10 heteroatoms. The molecule has 7 nitrogen and oxygen atoms in total. The molecule has 0 radical (unpaired) electrons. The van der Waals surface area contributed by atoms with Crippen LogP contribution >= 0.6 is 0 Å². The average molecular weight is 603 g/mol. The van der Waals surface area contributed by atoms with Gasteiger partial charge in [0.15, 0.2) is 0 Å². The van der Waals surface area contributed by atoms with Gasteiger partial charge in [-0.15, -0.1) is 13.2 Å². The number of benzene rings is 2. The summed E-state index contributed by atoms with van der Waals surface area (Å²) in [7, 11) is 1.50. The maximum Gasteiger partial charge on any atom is 0.573 e. The number of alkyl halides is 3. The number of halogens is 3. The second-order valence-electron chi connectivity index (χ2n) is 10.8. The van der Waals surface area contributed by atoms with Crippen LogP contribution in [0.15, 0.2) is 48.7 Å². The number of fused-ring (bicyclic) bond motifs is 1. The quantitative estimate of drug-likeness (QED) is 0.205. The molecule has 1 aromatic heterocycles. The first-order chi connectivity index (χ1) is 20.5. The monoisotopic (exact) mass is 602 g/mol. The lowest BCUT2D eigenvalue weighted by Crippen LogP contribution is -2.19. The molecule has 1 unspecified atom stereocenters. The van der Waals surface area contributed by atoms with E-state index in [0.29, 0.717) is 11.6 Å². The van der Waals surface area contributed by atoms with Gasteiger partial charge in [-0.3, -0.25) is 4.79 Å². The minimum absolute atomic E-state index is 0.141. The van der Waals surface area contributed by atoms with Crippen molar-refractivity contribution in [1.29, 1.82) is 5.26 Å². The molecule has 0 bridgehead atoms. The highest BCUT2D eigenvalue weighted by molar-refractivity contribution is 5.86. The van der Waals surface area contributed by atoms with Crippen LogP contribution in [0.4, 0.5) is 13.2 Å². The third-order valence-electron chi connectivity index (χ3n) is 7.36. The van der Waals surface area contributed by atoms with Gasteiger partial charge in [0.25, 0.3) is 0 Å². The number of rotatable bonds is 10. The first-order valence-corrected chi connectivity index (χ1v) is 15.0. The molecule has 1 heterocycles. The van der Waals surface area contributed by atoms with Gasteiger partial charge in [-0.05, 0) is 87.3 Å². The summed E-state index contributed by atoms with van der Waals surface area (Å²) in [5.41, 5.74) is 7.98. The maximum atomic E-state index is 12.9. The maximum absolute atomic E-state index is 12.9. The van der Waals surface area contributed by atoms with Crippen LogP contribution in [-0.4, -0.2) is 42.1 Å². The van der Waals surface area contributed by atoms with Crippen LogP contribution < -0.4 is 15.8 Å². The van der Waals surface area contributed by atoms with Gasteiger partial charge >= 0.3 is 12.3 Å². The molecule has 2 aromatic carbocycles. The summed E-state index contributed by atoms with van der Waals surface area (Å²) in [6.07, 6.45) is 5.02. The van der Waals surface area contributed by atoms with Gasteiger partial charge in [0, 0.05) is 29.1 Å². The van der Waals surface area contributed by atoms with Crippen LogP contribution in [0.2, 0.25) is 0 Å². The summed E-state index contributed by atoms with van der Waals surface area (Å²) in [4.78, 5) is 9.70. The van der Waals surface area contributed by atoms with E-state index < -0.39 is 12.3 Å². The fourth-order valence-corrected chi connectivity index (χ4v) is 5.27. The highest BCUT2D eigenvalue weighted by atomic mass is 19.4. The first kappa shape index (κ1) is 35.6.